The molecule has 2 N–H and O–H groups in total. The van der Waals surface area contributed by atoms with Crippen molar-refractivity contribution >= 4 is 11.6 Å². The summed E-state index contributed by atoms with van der Waals surface area (Å²) in [5, 5.41) is 12.5. The number of halogens is 2. The second-order valence-electron chi connectivity index (χ2n) is 5.27. The Bertz CT molecular complexity index is 556. The van der Waals surface area contributed by atoms with Crippen molar-refractivity contribution < 1.29 is 9.50 Å². The van der Waals surface area contributed by atoms with Crippen LogP contribution in [0.2, 0.25) is 5.02 Å². The van der Waals surface area contributed by atoms with Crippen LogP contribution < -0.4 is 5.32 Å². The third-order valence-corrected chi connectivity index (χ3v) is 4.10. The van der Waals surface area contributed by atoms with Gasteiger partial charge in [0.2, 0.25) is 0 Å². The van der Waals surface area contributed by atoms with Gasteiger partial charge in [-0.15, -0.1) is 0 Å². The Hall–Kier alpha value is -1.42. The van der Waals surface area contributed by atoms with Gasteiger partial charge in [0.25, 0.3) is 0 Å². The number of nitrogens with one attached hydrogen (secondary N) is 1. The third kappa shape index (κ3) is 4.80. The average Bonchev–Trinajstić information content (AvgIpc) is 2.54. The standard InChI is InChI=1S/C18H21ClFNO/c19-17-7-4-8-18(20)16(17)13-15(9-10-21-11-12-22)14-5-2-1-3-6-14/h1-8,15,21-22H,9-13H2/t15-/m0/s1. The first-order valence-corrected chi connectivity index (χ1v) is 7.89. The fourth-order valence-corrected chi connectivity index (χ4v) is 2.81. The van der Waals surface area contributed by atoms with Crippen molar-refractivity contribution in [1.82, 2.24) is 5.32 Å². The van der Waals surface area contributed by atoms with Crippen molar-refractivity contribution in [3.8, 4) is 0 Å². The normalized spacial score (nSPS) is 12.3. The van der Waals surface area contributed by atoms with Crippen molar-refractivity contribution in [3.05, 3.63) is 70.5 Å². The molecule has 2 aromatic carbocycles. The smallest absolute Gasteiger partial charge is 0.127 e. The van der Waals surface area contributed by atoms with Crippen LogP contribution in [0.4, 0.5) is 4.39 Å². The molecule has 0 bridgehead atoms. The van der Waals surface area contributed by atoms with Crippen molar-refractivity contribution in [1.29, 1.82) is 0 Å². The fraction of sp³-hybridized carbons (Fsp3) is 0.333. The summed E-state index contributed by atoms with van der Waals surface area (Å²) in [6, 6.07) is 14.9. The number of rotatable bonds is 8. The highest BCUT2D eigenvalue weighted by Crippen LogP contribution is 2.29. The van der Waals surface area contributed by atoms with Crippen LogP contribution in [0.1, 0.15) is 23.5 Å². The van der Waals surface area contributed by atoms with Crippen molar-refractivity contribution in [2.75, 3.05) is 19.7 Å². The van der Waals surface area contributed by atoms with Crippen LogP contribution in [-0.4, -0.2) is 24.8 Å². The summed E-state index contributed by atoms with van der Waals surface area (Å²) in [5.41, 5.74) is 1.74. The fourth-order valence-electron chi connectivity index (χ4n) is 2.57. The highest BCUT2D eigenvalue weighted by Gasteiger charge is 2.16. The minimum Gasteiger partial charge on any atom is -0.395 e. The molecular formula is C18H21ClFNO. The van der Waals surface area contributed by atoms with Crippen LogP contribution in [0.25, 0.3) is 0 Å². The van der Waals surface area contributed by atoms with Gasteiger partial charge >= 0.3 is 0 Å². The van der Waals surface area contributed by atoms with Crippen molar-refractivity contribution in [2.45, 2.75) is 18.8 Å². The molecule has 0 aliphatic carbocycles. The Morgan fingerprint density at radius 3 is 2.50 bits per heavy atom. The Morgan fingerprint density at radius 1 is 1.05 bits per heavy atom. The van der Waals surface area contributed by atoms with E-state index in [0.717, 1.165) is 13.0 Å². The SMILES string of the molecule is OCCNCC[C@@H](Cc1c(F)cccc1Cl)c1ccccc1. The number of hydrogen-bond donors (Lipinski definition) is 2. The van der Waals surface area contributed by atoms with Gasteiger partial charge in [0.15, 0.2) is 0 Å². The van der Waals surface area contributed by atoms with Gasteiger partial charge in [-0.1, -0.05) is 48.0 Å². The first kappa shape index (κ1) is 16.9. The van der Waals surface area contributed by atoms with E-state index < -0.39 is 0 Å². The molecule has 1 atom stereocenters. The van der Waals surface area contributed by atoms with Gasteiger partial charge in [-0.2, -0.15) is 0 Å². The topological polar surface area (TPSA) is 32.3 Å². The number of hydrogen-bond acceptors (Lipinski definition) is 2. The minimum absolute atomic E-state index is 0.120. The maximum atomic E-state index is 14.0. The number of aliphatic hydroxyl groups is 1. The van der Waals surface area contributed by atoms with Crippen LogP contribution in [0.5, 0.6) is 0 Å². The maximum Gasteiger partial charge on any atom is 0.127 e. The number of benzene rings is 2. The molecular weight excluding hydrogens is 301 g/mol. The minimum atomic E-state index is -0.253. The highest BCUT2D eigenvalue weighted by molar-refractivity contribution is 6.31. The van der Waals surface area contributed by atoms with E-state index in [-0.39, 0.29) is 18.3 Å². The lowest BCUT2D eigenvalue weighted by Gasteiger charge is -2.19. The summed E-state index contributed by atoms with van der Waals surface area (Å²) < 4.78 is 14.0. The summed E-state index contributed by atoms with van der Waals surface area (Å²) in [6.45, 7) is 1.46. The van der Waals surface area contributed by atoms with Gasteiger partial charge in [0, 0.05) is 17.1 Å². The zero-order valence-corrected chi connectivity index (χ0v) is 13.2. The molecule has 0 radical (unpaired) electrons. The second kappa shape index (κ2) is 8.89. The van der Waals surface area contributed by atoms with Crippen LogP contribution in [0.3, 0.4) is 0 Å². The summed E-state index contributed by atoms with van der Waals surface area (Å²) in [5.74, 6) is -0.0708. The Balaban J connectivity index is 2.14. The molecule has 0 aromatic heterocycles. The largest absolute Gasteiger partial charge is 0.395 e. The Kier molecular flexibility index (Phi) is 6.84. The average molecular weight is 322 g/mol. The van der Waals surface area contributed by atoms with Crippen LogP contribution in [0, 0.1) is 5.82 Å². The van der Waals surface area contributed by atoms with Gasteiger partial charge in [0.1, 0.15) is 5.82 Å². The van der Waals surface area contributed by atoms with E-state index in [9.17, 15) is 4.39 Å². The molecule has 0 heterocycles. The summed E-state index contributed by atoms with van der Waals surface area (Å²) in [6.07, 6.45) is 1.42. The molecule has 0 aliphatic rings. The summed E-state index contributed by atoms with van der Waals surface area (Å²) in [7, 11) is 0. The van der Waals surface area contributed by atoms with E-state index in [2.05, 4.69) is 17.4 Å². The summed E-state index contributed by atoms with van der Waals surface area (Å²) >= 11 is 6.16. The molecule has 0 saturated heterocycles. The zero-order valence-electron chi connectivity index (χ0n) is 12.4. The molecule has 0 fully saturated rings. The lowest BCUT2D eigenvalue weighted by atomic mass is 9.89. The molecule has 0 unspecified atom stereocenters. The lowest BCUT2D eigenvalue weighted by molar-refractivity contribution is 0.291. The van der Waals surface area contributed by atoms with Crippen molar-refractivity contribution in [3.63, 3.8) is 0 Å². The molecule has 4 heteroatoms. The van der Waals surface area contributed by atoms with E-state index in [1.807, 2.05) is 18.2 Å². The lowest BCUT2D eigenvalue weighted by Crippen LogP contribution is -2.21. The van der Waals surface area contributed by atoms with Gasteiger partial charge in [0.05, 0.1) is 6.61 Å². The highest BCUT2D eigenvalue weighted by atomic mass is 35.5. The van der Waals surface area contributed by atoms with Crippen LogP contribution in [0.15, 0.2) is 48.5 Å². The molecule has 0 aliphatic heterocycles. The molecule has 0 amide bonds. The first-order valence-electron chi connectivity index (χ1n) is 7.51. The van der Waals surface area contributed by atoms with Crippen LogP contribution >= 0.6 is 11.6 Å². The number of aliphatic hydroxyl groups excluding tert-OH is 1. The van der Waals surface area contributed by atoms with Gasteiger partial charge in [-0.3, -0.25) is 0 Å². The predicted molar refractivity (Wildman–Crippen MR) is 88.9 cm³/mol. The van der Waals surface area contributed by atoms with Gasteiger partial charge in [-0.05, 0) is 43.0 Å². The molecule has 0 saturated carbocycles. The second-order valence-corrected chi connectivity index (χ2v) is 5.68. The Morgan fingerprint density at radius 2 is 1.82 bits per heavy atom. The van der Waals surface area contributed by atoms with E-state index in [0.29, 0.717) is 23.6 Å². The van der Waals surface area contributed by atoms with E-state index in [1.54, 1.807) is 12.1 Å². The van der Waals surface area contributed by atoms with E-state index in [4.69, 9.17) is 16.7 Å². The molecule has 22 heavy (non-hydrogen) atoms. The maximum absolute atomic E-state index is 14.0. The van der Waals surface area contributed by atoms with Gasteiger partial charge < -0.3 is 10.4 Å². The molecule has 2 nitrogen and oxygen atoms in total. The van der Waals surface area contributed by atoms with E-state index in [1.165, 1.54) is 11.6 Å². The summed E-state index contributed by atoms with van der Waals surface area (Å²) in [4.78, 5) is 0. The monoisotopic (exact) mass is 321 g/mol. The Labute approximate surface area is 135 Å². The first-order chi connectivity index (χ1) is 10.7. The quantitative estimate of drug-likeness (QED) is 0.725. The van der Waals surface area contributed by atoms with Crippen LogP contribution in [-0.2, 0) is 6.42 Å². The van der Waals surface area contributed by atoms with Gasteiger partial charge in [-0.25, -0.2) is 4.39 Å². The van der Waals surface area contributed by atoms with Crippen molar-refractivity contribution in [2.24, 2.45) is 0 Å². The zero-order chi connectivity index (χ0) is 15.8. The predicted octanol–water partition coefficient (Wildman–Crippen LogP) is 3.78. The van der Waals surface area contributed by atoms with E-state index >= 15 is 0 Å². The third-order valence-electron chi connectivity index (χ3n) is 3.74. The molecule has 0 spiro atoms. The molecule has 2 rings (SSSR count). The molecule has 2 aromatic rings. The molecule has 118 valence electrons.